The van der Waals surface area contributed by atoms with E-state index >= 15 is 0 Å². The van der Waals surface area contributed by atoms with Crippen molar-refractivity contribution in [3.05, 3.63) is 66.9 Å². The molecular weight excluding hydrogens is 326 g/mol. The molecule has 0 spiro atoms. The van der Waals surface area contributed by atoms with Crippen LogP contribution < -0.4 is 11.2 Å². The fourth-order valence-electron chi connectivity index (χ4n) is 1.58. The third kappa shape index (κ3) is 2.92. The Bertz CT molecular complexity index is 812. The van der Waals surface area contributed by atoms with Gasteiger partial charge in [-0.3, -0.25) is 19.1 Å². The minimum absolute atomic E-state index is 0.171. The SMILES string of the molecule is N#Cc1ccc(C(=O)Cn2cc(Br)c(=O)[nH]c2=O)cc1. The number of hydrogen-bond donors (Lipinski definition) is 1. The third-order valence-electron chi connectivity index (χ3n) is 2.62. The smallest absolute Gasteiger partial charge is 0.292 e. The Hall–Kier alpha value is -2.46. The first kappa shape index (κ1) is 14.0. The Morgan fingerprint density at radius 1 is 1.30 bits per heavy atom. The van der Waals surface area contributed by atoms with Gasteiger partial charge in [-0.25, -0.2) is 4.79 Å². The summed E-state index contributed by atoms with van der Waals surface area (Å²) in [6.45, 7) is -0.194. The normalized spacial score (nSPS) is 10.0. The van der Waals surface area contributed by atoms with Crippen LogP contribution >= 0.6 is 15.9 Å². The lowest BCUT2D eigenvalue weighted by molar-refractivity contribution is 0.0970. The van der Waals surface area contributed by atoms with Crippen LogP contribution in [0, 0.1) is 11.3 Å². The number of aromatic nitrogens is 2. The Kier molecular flexibility index (Phi) is 3.96. The van der Waals surface area contributed by atoms with E-state index in [4.69, 9.17) is 5.26 Å². The summed E-state index contributed by atoms with van der Waals surface area (Å²) in [6.07, 6.45) is 1.27. The Morgan fingerprint density at radius 3 is 2.55 bits per heavy atom. The number of halogens is 1. The molecule has 0 aliphatic rings. The fourth-order valence-corrected chi connectivity index (χ4v) is 1.92. The summed E-state index contributed by atoms with van der Waals surface area (Å²) in [6, 6.07) is 8.05. The number of H-pyrrole nitrogens is 1. The summed E-state index contributed by atoms with van der Waals surface area (Å²) < 4.78 is 1.27. The Morgan fingerprint density at radius 2 is 1.95 bits per heavy atom. The average Bonchev–Trinajstić information content (AvgIpc) is 2.44. The number of aromatic amines is 1. The number of rotatable bonds is 3. The standard InChI is InChI=1S/C13H8BrN3O3/c14-10-6-17(13(20)16-12(10)19)7-11(18)9-3-1-8(5-15)2-4-9/h1-4,6H,7H2,(H,16,19,20). The van der Waals surface area contributed by atoms with E-state index in [1.165, 1.54) is 30.5 Å². The third-order valence-corrected chi connectivity index (χ3v) is 3.18. The van der Waals surface area contributed by atoms with E-state index in [0.29, 0.717) is 11.1 Å². The largest absolute Gasteiger partial charge is 0.328 e. The van der Waals surface area contributed by atoms with Crippen LogP contribution in [0.25, 0.3) is 0 Å². The van der Waals surface area contributed by atoms with Gasteiger partial charge in [-0.1, -0.05) is 12.1 Å². The summed E-state index contributed by atoms with van der Waals surface area (Å²) in [5.41, 5.74) is -0.360. The zero-order valence-electron chi connectivity index (χ0n) is 10.1. The number of Topliss-reactive ketones (excluding diaryl/α,β-unsaturated/α-hetero) is 1. The van der Waals surface area contributed by atoms with Crippen LogP contribution in [0.2, 0.25) is 0 Å². The molecule has 1 aromatic carbocycles. The number of nitrogens with zero attached hydrogens (tertiary/aromatic N) is 2. The molecule has 1 N–H and O–H groups in total. The highest BCUT2D eigenvalue weighted by atomic mass is 79.9. The van der Waals surface area contributed by atoms with Crippen LogP contribution in [0.4, 0.5) is 0 Å². The number of benzene rings is 1. The van der Waals surface area contributed by atoms with Crippen LogP contribution in [-0.2, 0) is 6.54 Å². The van der Waals surface area contributed by atoms with Crippen LogP contribution in [0.3, 0.4) is 0 Å². The second kappa shape index (κ2) is 5.67. The lowest BCUT2D eigenvalue weighted by Crippen LogP contribution is -2.31. The Labute approximate surface area is 121 Å². The first-order chi connectivity index (χ1) is 9.51. The van der Waals surface area contributed by atoms with Gasteiger partial charge in [-0.2, -0.15) is 5.26 Å². The fraction of sp³-hybridized carbons (Fsp3) is 0.0769. The molecule has 6 nitrogen and oxygen atoms in total. The van der Waals surface area contributed by atoms with E-state index in [1.807, 2.05) is 6.07 Å². The van der Waals surface area contributed by atoms with Gasteiger partial charge >= 0.3 is 5.69 Å². The second-order valence-corrected chi connectivity index (χ2v) is 4.83. The van der Waals surface area contributed by atoms with E-state index in [0.717, 1.165) is 4.57 Å². The van der Waals surface area contributed by atoms with Crippen molar-refractivity contribution in [2.24, 2.45) is 0 Å². The van der Waals surface area contributed by atoms with Gasteiger partial charge in [-0.15, -0.1) is 0 Å². The molecule has 0 aliphatic carbocycles. The quantitative estimate of drug-likeness (QED) is 0.849. The number of carbonyl (C=O) groups is 1. The molecule has 0 atom stereocenters. The lowest BCUT2D eigenvalue weighted by Gasteiger charge is -2.05. The molecule has 0 saturated carbocycles. The minimum atomic E-state index is -0.653. The molecule has 0 radical (unpaired) electrons. The van der Waals surface area contributed by atoms with Crippen LogP contribution in [0.1, 0.15) is 15.9 Å². The van der Waals surface area contributed by atoms with Crippen molar-refractivity contribution in [3.8, 4) is 6.07 Å². The van der Waals surface area contributed by atoms with E-state index < -0.39 is 11.2 Å². The van der Waals surface area contributed by atoms with Gasteiger partial charge in [0.2, 0.25) is 0 Å². The maximum atomic E-state index is 12.0. The van der Waals surface area contributed by atoms with Crippen molar-refractivity contribution in [1.29, 1.82) is 5.26 Å². The van der Waals surface area contributed by atoms with Crippen LogP contribution in [0.15, 0.2) is 44.5 Å². The van der Waals surface area contributed by atoms with Gasteiger partial charge in [0.05, 0.1) is 22.7 Å². The van der Waals surface area contributed by atoms with Crippen molar-refractivity contribution in [1.82, 2.24) is 9.55 Å². The molecule has 0 bridgehead atoms. The summed E-state index contributed by atoms with van der Waals surface area (Å²) in [7, 11) is 0. The lowest BCUT2D eigenvalue weighted by atomic mass is 10.1. The second-order valence-electron chi connectivity index (χ2n) is 3.98. The molecule has 2 rings (SSSR count). The first-order valence-electron chi connectivity index (χ1n) is 5.54. The molecule has 2 aromatic rings. The van der Waals surface area contributed by atoms with E-state index in [1.54, 1.807) is 0 Å². The average molecular weight is 334 g/mol. The maximum absolute atomic E-state index is 12.0. The zero-order chi connectivity index (χ0) is 14.7. The minimum Gasteiger partial charge on any atom is -0.292 e. The Balaban J connectivity index is 2.28. The molecule has 0 aliphatic heterocycles. The number of carbonyl (C=O) groups excluding carboxylic acids is 1. The molecule has 1 heterocycles. The number of nitrogens with one attached hydrogen (secondary N) is 1. The zero-order valence-corrected chi connectivity index (χ0v) is 11.7. The highest BCUT2D eigenvalue weighted by molar-refractivity contribution is 9.10. The van der Waals surface area contributed by atoms with Crippen molar-refractivity contribution < 1.29 is 4.79 Å². The highest BCUT2D eigenvalue weighted by Crippen LogP contribution is 2.06. The summed E-state index contributed by atoms with van der Waals surface area (Å²) in [4.78, 5) is 36.8. The molecule has 0 unspecified atom stereocenters. The molecule has 7 heteroatoms. The molecule has 0 amide bonds. The number of hydrogen-bond acceptors (Lipinski definition) is 4. The first-order valence-corrected chi connectivity index (χ1v) is 6.33. The molecular formula is C13H8BrN3O3. The van der Waals surface area contributed by atoms with Gasteiger partial charge in [0, 0.05) is 11.8 Å². The van der Waals surface area contributed by atoms with Gasteiger partial charge in [-0.05, 0) is 28.1 Å². The van der Waals surface area contributed by atoms with Gasteiger partial charge in [0.15, 0.2) is 5.78 Å². The van der Waals surface area contributed by atoms with Crippen LogP contribution in [0.5, 0.6) is 0 Å². The number of ketones is 1. The molecule has 0 saturated heterocycles. The molecule has 0 fully saturated rings. The van der Waals surface area contributed by atoms with Crippen LogP contribution in [-0.4, -0.2) is 15.3 Å². The van der Waals surface area contributed by atoms with Gasteiger partial charge < -0.3 is 0 Å². The van der Waals surface area contributed by atoms with E-state index in [2.05, 4.69) is 20.9 Å². The summed E-state index contributed by atoms with van der Waals surface area (Å²) in [5, 5.41) is 8.68. The van der Waals surface area contributed by atoms with E-state index in [-0.39, 0.29) is 16.8 Å². The molecule has 1 aromatic heterocycles. The highest BCUT2D eigenvalue weighted by Gasteiger charge is 2.09. The molecule has 100 valence electrons. The number of nitriles is 1. The van der Waals surface area contributed by atoms with Crippen molar-refractivity contribution in [2.45, 2.75) is 6.54 Å². The predicted octanol–water partition coefficient (Wildman–Crippen LogP) is 1.05. The van der Waals surface area contributed by atoms with Gasteiger partial charge in [0.1, 0.15) is 0 Å². The maximum Gasteiger partial charge on any atom is 0.328 e. The van der Waals surface area contributed by atoms with Crippen molar-refractivity contribution in [2.75, 3.05) is 0 Å². The summed E-state index contributed by atoms with van der Waals surface area (Å²) >= 11 is 2.99. The summed E-state index contributed by atoms with van der Waals surface area (Å²) in [5.74, 6) is -0.296. The van der Waals surface area contributed by atoms with Crippen molar-refractivity contribution in [3.63, 3.8) is 0 Å². The monoisotopic (exact) mass is 333 g/mol. The molecule has 20 heavy (non-hydrogen) atoms. The predicted molar refractivity (Wildman–Crippen MR) is 74.5 cm³/mol. The topological polar surface area (TPSA) is 95.7 Å². The van der Waals surface area contributed by atoms with E-state index in [9.17, 15) is 14.4 Å². The van der Waals surface area contributed by atoms with Gasteiger partial charge in [0.25, 0.3) is 5.56 Å². The van der Waals surface area contributed by atoms with Crippen molar-refractivity contribution >= 4 is 21.7 Å².